The Bertz CT molecular complexity index is 878. The fraction of sp³-hybridized carbons (Fsp3) is 0.130. The number of benzene rings is 3. The molecule has 4 nitrogen and oxygen atoms in total. The summed E-state index contributed by atoms with van der Waals surface area (Å²) in [6.07, 6.45) is 0. The Hall–Kier alpha value is -3.24. The fourth-order valence-corrected chi connectivity index (χ4v) is 3.55. The van der Waals surface area contributed by atoms with Crippen LogP contribution in [0, 0.1) is 0 Å². The highest BCUT2D eigenvalue weighted by Gasteiger charge is 2.37. The summed E-state index contributed by atoms with van der Waals surface area (Å²) in [7, 11) is 0. The summed E-state index contributed by atoms with van der Waals surface area (Å²) in [6.45, 7) is 1.82. The first-order valence-electron chi connectivity index (χ1n) is 9.09. The number of quaternary nitrogens is 1. The zero-order valence-electron chi connectivity index (χ0n) is 15.0. The Kier molecular flexibility index (Phi) is 4.81. The molecule has 1 aliphatic heterocycles. The predicted octanol–water partition coefficient (Wildman–Crippen LogP) is 2.53. The van der Waals surface area contributed by atoms with Gasteiger partial charge in [-0.2, -0.15) is 0 Å². The van der Waals surface area contributed by atoms with Crippen LogP contribution in [-0.2, 0) is 13.1 Å². The summed E-state index contributed by atoms with van der Waals surface area (Å²) in [6, 6.07) is 27.4. The molecule has 1 N–H and O–H groups in total. The van der Waals surface area contributed by atoms with Crippen LogP contribution < -0.4 is 4.90 Å². The topological polar surface area (TPSA) is 41.8 Å². The van der Waals surface area contributed by atoms with Gasteiger partial charge >= 0.3 is 0 Å². The number of nitrogens with one attached hydrogen (secondary N) is 1. The second-order valence-electron chi connectivity index (χ2n) is 6.82. The van der Waals surface area contributed by atoms with Crippen molar-refractivity contribution in [3.05, 3.63) is 107 Å². The van der Waals surface area contributed by atoms with Gasteiger partial charge in [-0.05, 0) is 12.1 Å². The van der Waals surface area contributed by atoms with Gasteiger partial charge in [0.25, 0.3) is 11.8 Å². The predicted molar refractivity (Wildman–Crippen MR) is 103 cm³/mol. The summed E-state index contributed by atoms with van der Waals surface area (Å²) < 4.78 is 0. The molecule has 1 aliphatic rings. The molecular formula is C23H21N2O2+. The molecular weight excluding hydrogens is 336 g/mol. The maximum atomic E-state index is 12.7. The second-order valence-corrected chi connectivity index (χ2v) is 6.82. The summed E-state index contributed by atoms with van der Waals surface area (Å²) in [4.78, 5) is 28.0. The normalized spacial score (nSPS) is 13.3. The summed E-state index contributed by atoms with van der Waals surface area (Å²) in [5.74, 6) is -0.400. The number of imide groups is 1. The van der Waals surface area contributed by atoms with Crippen molar-refractivity contribution in [3.8, 4) is 0 Å². The quantitative estimate of drug-likeness (QED) is 0.689. The van der Waals surface area contributed by atoms with Crippen LogP contribution in [0.1, 0.15) is 31.8 Å². The molecule has 4 heteroatoms. The van der Waals surface area contributed by atoms with Crippen molar-refractivity contribution >= 4 is 11.8 Å². The SMILES string of the molecule is O=C1c2ccccc2C(=O)N1C[NH+](Cc1ccccc1)Cc1ccccc1. The molecule has 134 valence electrons. The Balaban J connectivity index is 1.57. The van der Waals surface area contributed by atoms with E-state index in [2.05, 4.69) is 24.3 Å². The lowest BCUT2D eigenvalue weighted by molar-refractivity contribution is -0.934. The van der Waals surface area contributed by atoms with E-state index in [0.717, 1.165) is 18.0 Å². The van der Waals surface area contributed by atoms with E-state index in [9.17, 15) is 9.59 Å². The highest BCUT2D eigenvalue weighted by molar-refractivity contribution is 6.21. The lowest BCUT2D eigenvalue weighted by atomic mass is 10.1. The monoisotopic (exact) mass is 357 g/mol. The minimum Gasteiger partial charge on any atom is -0.310 e. The van der Waals surface area contributed by atoms with Crippen LogP contribution in [0.4, 0.5) is 0 Å². The van der Waals surface area contributed by atoms with Gasteiger partial charge in [-0.3, -0.25) is 9.59 Å². The number of hydrogen-bond acceptors (Lipinski definition) is 2. The van der Waals surface area contributed by atoms with Crippen LogP contribution in [0.5, 0.6) is 0 Å². The molecule has 0 aliphatic carbocycles. The van der Waals surface area contributed by atoms with Gasteiger partial charge in [0.05, 0.1) is 11.1 Å². The average Bonchev–Trinajstić information content (AvgIpc) is 2.95. The van der Waals surface area contributed by atoms with Gasteiger partial charge in [-0.25, -0.2) is 4.90 Å². The van der Waals surface area contributed by atoms with Gasteiger partial charge in [0, 0.05) is 11.1 Å². The van der Waals surface area contributed by atoms with Gasteiger partial charge in [-0.1, -0.05) is 72.8 Å². The highest BCUT2D eigenvalue weighted by atomic mass is 16.2. The molecule has 27 heavy (non-hydrogen) atoms. The molecule has 0 saturated heterocycles. The number of hydrogen-bond donors (Lipinski definition) is 1. The number of amides is 2. The van der Waals surface area contributed by atoms with Crippen LogP contribution in [0.25, 0.3) is 0 Å². The molecule has 3 aromatic carbocycles. The number of carbonyl (C=O) groups is 2. The van der Waals surface area contributed by atoms with Crippen molar-refractivity contribution in [1.82, 2.24) is 4.90 Å². The van der Waals surface area contributed by atoms with E-state index in [-0.39, 0.29) is 11.8 Å². The Morgan fingerprint density at radius 1 is 0.593 bits per heavy atom. The van der Waals surface area contributed by atoms with Crippen LogP contribution in [0.3, 0.4) is 0 Å². The Labute approximate surface area is 158 Å². The van der Waals surface area contributed by atoms with Crippen molar-refractivity contribution in [1.29, 1.82) is 0 Å². The molecule has 0 spiro atoms. The van der Waals surface area contributed by atoms with Gasteiger partial charge in [0.15, 0.2) is 6.67 Å². The van der Waals surface area contributed by atoms with E-state index < -0.39 is 0 Å². The van der Waals surface area contributed by atoms with Crippen molar-refractivity contribution in [2.24, 2.45) is 0 Å². The first-order chi connectivity index (χ1) is 13.2. The van der Waals surface area contributed by atoms with Gasteiger partial charge < -0.3 is 4.90 Å². The van der Waals surface area contributed by atoms with Crippen molar-refractivity contribution in [2.75, 3.05) is 6.67 Å². The van der Waals surface area contributed by atoms with E-state index in [4.69, 9.17) is 0 Å². The molecule has 0 aromatic heterocycles. The van der Waals surface area contributed by atoms with Crippen LogP contribution in [0.2, 0.25) is 0 Å². The largest absolute Gasteiger partial charge is 0.310 e. The number of carbonyl (C=O) groups excluding carboxylic acids is 2. The third-order valence-electron chi connectivity index (χ3n) is 4.85. The molecule has 0 saturated carbocycles. The average molecular weight is 357 g/mol. The third kappa shape index (κ3) is 3.66. The molecule has 0 radical (unpaired) electrons. The van der Waals surface area contributed by atoms with Gasteiger partial charge in [0.2, 0.25) is 0 Å². The Morgan fingerprint density at radius 3 is 1.44 bits per heavy atom. The van der Waals surface area contributed by atoms with E-state index in [1.54, 1.807) is 24.3 Å². The number of rotatable bonds is 6. The summed E-state index contributed by atoms with van der Waals surface area (Å²) in [5, 5.41) is 0. The van der Waals surface area contributed by atoms with E-state index in [1.807, 2.05) is 36.4 Å². The molecule has 0 bridgehead atoms. The van der Waals surface area contributed by atoms with Gasteiger partial charge in [0.1, 0.15) is 13.1 Å². The van der Waals surface area contributed by atoms with E-state index in [1.165, 1.54) is 16.0 Å². The van der Waals surface area contributed by atoms with Crippen LogP contribution >= 0.6 is 0 Å². The third-order valence-corrected chi connectivity index (χ3v) is 4.85. The molecule has 2 amide bonds. The lowest BCUT2D eigenvalue weighted by Gasteiger charge is -2.24. The fourth-order valence-electron chi connectivity index (χ4n) is 3.55. The molecule has 0 unspecified atom stereocenters. The van der Waals surface area contributed by atoms with E-state index >= 15 is 0 Å². The number of nitrogens with zero attached hydrogens (tertiary/aromatic N) is 1. The zero-order chi connectivity index (χ0) is 18.6. The van der Waals surface area contributed by atoms with Crippen molar-refractivity contribution in [2.45, 2.75) is 13.1 Å². The molecule has 4 rings (SSSR count). The van der Waals surface area contributed by atoms with Gasteiger partial charge in [-0.15, -0.1) is 0 Å². The lowest BCUT2D eigenvalue weighted by Crippen LogP contribution is -3.11. The molecule has 0 atom stereocenters. The van der Waals surface area contributed by atoms with Crippen LogP contribution in [0.15, 0.2) is 84.9 Å². The minimum absolute atomic E-state index is 0.200. The van der Waals surface area contributed by atoms with E-state index in [0.29, 0.717) is 17.8 Å². The summed E-state index contributed by atoms with van der Waals surface area (Å²) in [5.41, 5.74) is 3.36. The van der Waals surface area contributed by atoms with Crippen molar-refractivity contribution < 1.29 is 14.5 Å². The zero-order valence-corrected chi connectivity index (χ0v) is 15.0. The minimum atomic E-state index is -0.200. The molecule has 0 fully saturated rings. The second kappa shape index (κ2) is 7.56. The standard InChI is InChI=1S/C23H20N2O2/c26-22-20-13-7-8-14-21(20)23(27)25(22)17-24(15-18-9-3-1-4-10-18)16-19-11-5-2-6-12-19/h1-14H,15-17H2/p+1. The van der Waals surface area contributed by atoms with Crippen LogP contribution in [-0.4, -0.2) is 23.4 Å². The van der Waals surface area contributed by atoms with Crippen molar-refractivity contribution in [3.63, 3.8) is 0 Å². The maximum Gasteiger partial charge on any atom is 0.265 e. The maximum absolute atomic E-state index is 12.7. The summed E-state index contributed by atoms with van der Waals surface area (Å²) >= 11 is 0. The first kappa shape index (κ1) is 17.2. The highest BCUT2D eigenvalue weighted by Crippen LogP contribution is 2.21. The molecule has 3 aromatic rings. The molecule has 1 heterocycles. The first-order valence-corrected chi connectivity index (χ1v) is 9.09. The smallest absolute Gasteiger partial charge is 0.265 e. The number of fused-ring (bicyclic) bond motifs is 1. The Morgan fingerprint density at radius 2 is 1.00 bits per heavy atom.